The summed E-state index contributed by atoms with van der Waals surface area (Å²) in [6.07, 6.45) is 0.0506. The van der Waals surface area contributed by atoms with Crippen molar-refractivity contribution in [2.24, 2.45) is 0 Å². The van der Waals surface area contributed by atoms with Gasteiger partial charge in [-0.05, 0) is 70.2 Å². The molecule has 2 aromatic carbocycles. The SMILES string of the molecule is CCOc1ccc(C(=O)NNC(=O)c2ccc(OC(C)C)cc2)cc1OCC. The van der Waals surface area contributed by atoms with Crippen molar-refractivity contribution in [2.45, 2.75) is 33.8 Å². The monoisotopic (exact) mass is 386 g/mol. The van der Waals surface area contributed by atoms with Crippen molar-refractivity contribution in [1.82, 2.24) is 10.9 Å². The normalized spacial score (nSPS) is 10.3. The van der Waals surface area contributed by atoms with Crippen LogP contribution in [-0.2, 0) is 0 Å². The average molecular weight is 386 g/mol. The highest BCUT2D eigenvalue weighted by atomic mass is 16.5. The fourth-order valence-corrected chi connectivity index (χ4v) is 2.41. The zero-order valence-corrected chi connectivity index (χ0v) is 16.6. The molecule has 0 bridgehead atoms. The van der Waals surface area contributed by atoms with Gasteiger partial charge in [0.25, 0.3) is 11.8 Å². The molecule has 2 amide bonds. The summed E-state index contributed by atoms with van der Waals surface area (Å²) >= 11 is 0. The van der Waals surface area contributed by atoms with Gasteiger partial charge in [-0.2, -0.15) is 0 Å². The highest BCUT2D eigenvalue weighted by Gasteiger charge is 2.13. The highest BCUT2D eigenvalue weighted by molar-refractivity contribution is 5.99. The molecule has 0 heterocycles. The molecule has 2 aromatic rings. The molecule has 0 aliphatic heterocycles. The average Bonchev–Trinajstić information content (AvgIpc) is 2.67. The molecule has 2 N–H and O–H groups in total. The summed E-state index contributed by atoms with van der Waals surface area (Å²) in [5.74, 6) is 0.823. The number of hydrogen-bond donors (Lipinski definition) is 2. The van der Waals surface area contributed by atoms with E-state index in [0.717, 1.165) is 0 Å². The van der Waals surface area contributed by atoms with Gasteiger partial charge in [-0.1, -0.05) is 0 Å². The van der Waals surface area contributed by atoms with Gasteiger partial charge in [-0.15, -0.1) is 0 Å². The summed E-state index contributed by atoms with van der Waals surface area (Å²) < 4.78 is 16.5. The van der Waals surface area contributed by atoms with Crippen molar-refractivity contribution in [3.8, 4) is 17.2 Å². The summed E-state index contributed by atoms with van der Waals surface area (Å²) in [7, 11) is 0. The Kier molecular flexibility index (Phi) is 7.68. The lowest BCUT2D eigenvalue weighted by Gasteiger charge is -2.13. The Bertz CT molecular complexity index is 803. The molecule has 0 saturated heterocycles. The molecule has 0 aliphatic carbocycles. The third-order valence-electron chi connectivity index (χ3n) is 3.58. The van der Waals surface area contributed by atoms with E-state index >= 15 is 0 Å². The zero-order valence-electron chi connectivity index (χ0n) is 16.6. The number of carbonyl (C=O) groups is 2. The van der Waals surface area contributed by atoms with Crippen LogP contribution in [0.4, 0.5) is 0 Å². The van der Waals surface area contributed by atoms with Crippen molar-refractivity contribution >= 4 is 11.8 Å². The van der Waals surface area contributed by atoms with Crippen LogP contribution < -0.4 is 25.1 Å². The van der Waals surface area contributed by atoms with E-state index < -0.39 is 11.8 Å². The first kappa shape index (κ1) is 21.1. The van der Waals surface area contributed by atoms with Crippen LogP contribution >= 0.6 is 0 Å². The van der Waals surface area contributed by atoms with Gasteiger partial charge in [0.1, 0.15) is 5.75 Å². The maximum Gasteiger partial charge on any atom is 0.269 e. The summed E-state index contributed by atoms with van der Waals surface area (Å²) in [6, 6.07) is 11.5. The molecule has 7 heteroatoms. The number of rotatable bonds is 8. The number of nitrogens with one attached hydrogen (secondary N) is 2. The predicted molar refractivity (Wildman–Crippen MR) is 106 cm³/mol. The maximum absolute atomic E-state index is 12.3. The number of ether oxygens (including phenoxy) is 3. The minimum absolute atomic E-state index is 0.0506. The molecule has 0 saturated carbocycles. The molecule has 0 unspecified atom stereocenters. The van der Waals surface area contributed by atoms with Gasteiger partial charge in [0.15, 0.2) is 11.5 Å². The largest absolute Gasteiger partial charge is 0.491 e. The minimum Gasteiger partial charge on any atom is -0.491 e. The third kappa shape index (κ3) is 5.90. The van der Waals surface area contributed by atoms with Crippen LogP contribution in [0.25, 0.3) is 0 Å². The lowest BCUT2D eigenvalue weighted by Crippen LogP contribution is -2.41. The number of carbonyl (C=O) groups excluding carboxylic acids is 2. The van der Waals surface area contributed by atoms with Crippen molar-refractivity contribution in [3.63, 3.8) is 0 Å². The fourth-order valence-electron chi connectivity index (χ4n) is 2.41. The second kappa shape index (κ2) is 10.2. The molecule has 2 rings (SSSR count). The third-order valence-corrected chi connectivity index (χ3v) is 3.58. The Hall–Kier alpha value is -3.22. The van der Waals surface area contributed by atoms with Gasteiger partial charge in [0.2, 0.25) is 0 Å². The van der Waals surface area contributed by atoms with Crippen LogP contribution in [0, 0.1) is 0 Å². The van der Waals surface area contributed by atoms with Crippen LogP contribution in [0.2, 0.25) is 0 Å². The number of benzene rings is 2. The molecule has 0 radical (unpaired) electrons. The van der Waals surface area contributed by atoms with Gasteiger partial charge < -0.3 is 14.2 Å². The van der Waals surface area contributed by atoms with Crippen molar-refractivity contribution in [2.75, 3.05) is 13.2 Å². The first-order valence-corrected chi connectivity index (χ1v) is 9.21. The van der Waals surface area contributed by atoms with E-state index in [-0.39, 0.29) is 6.10 Å². The second-order valence-electron chi connectivity index (χ2n) is 6.13. The summed E-state index contributed by atoms with van der Waals surface area (Å²) in [5, 5.41) is 0. The zero-order chi connectivity index (χ0) is 20.5. The van der Waals surface area contributed by atoms with Crippen LogP contribution in [0.3, 0.4) is 0 Å². The Morgan fingerprint density at radius 2 is 1.36 bits per heavy atom. The van der Waals surface area contributed by atoms with E-state index in [1.165, 1.54) is 0 Å². The molecule has 0 spiro atoms. The first-order chi connectivity index (χ1) is 13.4. The van der Waals surface area contributed by atoms with E-state index in [1.807, 2.05) is 27.7 Å². The quantitative estimate of drug-likeness (QED) is 0.680. The summed E-state index contributed by atoms with van der Waals surface area (Å²) in [6.45, 7) is 8.50. The summed E-state index contributed by atoms with van der Waals surface area (Å²) in [5.41, 5.74) is 5.54. The van der Waals surface area contributed by atoms with Gasteiger partial charge in [-0.25, -0.2) is 0 Å². The topological polar surface area (TPSA) is 85.9 Å². The Balaban J connectivity index is 1.99. The maximum atomic E-state index is 12.3. The lowest BCUT2D eigenvalue weighted by atomic mass is 10.2. The number of hydrazine groups is 1. The molecule has 7 nitrogen and oxygen atoms in total. The number of amides is 2. The van der Waals surface area contributed by atoms with Crippen LogP contribution in [0.5, 0.6) is 17.2 Å². The van der Waals surface area contributed by atoms with E-state index in [1.54, 1.807) is 42.5 Å². The van der Waals surface area contributed by atoms with Crippen molar-refractivity contribution in [3.05, 3.63) is 53.6 Å². The molecule has 0 fully saturated rings. The highest BCUT2D eigenvalue weighted by Crippen LogP contribution is 2.28. The Morgan fingerprint density at radius 3 is 1.93 bits per heavy atom. The molecule has 28 heavy (non-hydrogen) atoms. The summed E-state index contributed by atoms with van der Waals surface area (Å²) in [4.78, 5) is 24.6. The molecule has 0 aliphatic rings. The fraction of sp³-hybridized carbons (Fsp3) is 0.333. The standard InChI is InChI=1S/C21H26N2O5/c1-5-26-18-12-9-16(13-19(18)27-6-2)21(25)23-22-20(24)15-7-10-17(11-8-15)28-14(3)4/h7-14H,5-6H2,1-4H3,(H,22,24)(H,23,25). The van der Waals surface area contributed by atoms with Gasteiger partial charge in [0, 0.05) is 11.1 Å². The first-order valence-electron chi connectivity index (χ1n) is 9.21. The van der Waals surface area contributed by atoms with E-state index in [9.17, 15) is 9.59 Å². The van der Waals surface area contributed by atoms with Crippen molar-refractivity contribution in [1.29, 1.82) is 0 Å². The van der Waals surface area contributed by atoms with Gasteiger partial charge in [0.05, 0.1) is 19.3 Å². The minimum atomic E-state index is -0.461. The van der Waals surface area contributed by atoms with Crippen LogP contribution in [0.15, 0.2) is 42.5 Å². The number of hydrogen-bond acceptors (Lipinski definition) is 5. The smallest absolute Gasteiger partial charge is 0.269 e. The Morgan fingerprint density at radius 1 is 0.821 bits per heavy atom. The lowest BCUT2D eigenvalue weighted by molar-refractivity contribution is 0.0846. The Labute approximate surface area is 165 Å². The molecule has 0 aromatic heterocycles. The van der Waals surface area contributed by atoms with E-state index in [4.69, 9.17) is 14.2 Å². The predicted octanol–water partition coefficient (Wildman–Crippen LogP) is 3.35. The molecular weight excluding hydrogens is 360 g/mol. The van der Waals surface area contributed by atoms with Crippen molar-refractivity contribution < 1.29 is 23.8 Å². The molecular formula is C21H26N2O5. The molecule has 0 atom stereocenters. The van der Waals surface area contributed by atoms with Gasteiger partial charge in [-0.3, -0.25) is 20.4 Å². The van der Waals surface area contributed by atoms with Crippen LogP contribution in [0.1, 0.15) is 48.4 Å². The van der Waals surface area contributed by atoms with E-state index in [2.05, 4.69) is 10.9 Å². The second-order valence-corrected chi connectivity index (χ2v) is 6.13. The van der Waals surface area contributed by atoms with E-state index in [0.29, 0.717) is 41.6 Å². The van der Waals surface area contributed by atoms with Gasteiger partial charge >= 0.3 is 0 Å². The molecule has 150 valence electrons. The van der Waals surface area contributed by atoms with Crippen LogP contribution in [-0.4, -0.2) is 31.1 Å².